The lowest BCUT2D eigenvalue weighted by Crippen LogP contribution is -2.34. The number of benzene rings is 2. The summed E-state index contributed by atoms with van der Waals surface area (Å²) in [6.45, 7) is 6.34. The molecule has 25 heavy (non-hydrogen) atoms. The lowest BCUT2D eigenvalue weighted by atomic mass is 10.0. The van der Waals surface area contributed by atoms with Crippen LogP contribution < -0.4 is 4.72 Å². The van der Waals surface area contributed by atoms with Crippen molar-refractivity contribution < 1.29 is 8.42 Å². The van der Waals surface area contributed by atoms with Crippen LogP contribution in [0.3, 0.4) is 0 Å². The van der Waals surface area contributed by atoms with Crippen LogP contribution >= 0.6 is 0 Å². The van der Waals surface area contributed by atoms with Crippen LogP contribution in [0.2, 0.25) is 0 Å². The molecular weight excluding hydrogens is 332 g/mol. The van der Waals surface area contributed by atoms with Crippen molar-refractivity contribution in [3.05, 3.63) is 64.7 Å². The number of nitrogens with one attached hydrogen (secondary N) is 1. The predicted octanol–water partition coefficient (Wildman–Crippen LogP) is 3.45. The third-order valence-corrected chi connectivity index (χ3v) is 6.07. The van der Waals surface area contributed by atoms with Crippen molar-refractivity contribution in [3.63, 3.8) is 0 Å². The fraction of sp³-hybridized carbons (Fsp3) is 0.400. The maximum absolute atomic E-state index is 12.6. The zero-order valence-electron chi connectivity index (χ0n) is 15.7. The molecule has 0 amide bonds. The predicted molar refractivity (Wildman–Crippen MR) is 103 cm³/mol. The van der Waals surface area contributed by atoms with Gasteiger partial charge in [-0.25, -0.2) is 13.1 Å². The van der Waals surface area contributed by atoms with E-state index in [1.807, 2.05) is 38.9 Å². The Hall–Kier alpha value is -1.69. The molecule has 0 saturated heterocycles. The van der Waals surface area contributed by atoms with Crippen molar-refractivity contribution >= 4 is 10.0 Å². The Balaban J connectivity index is 2.18. The smallest absolute Gasteiger partial charge is 0.240 e. The molecule has 0 aliphatic carbocycles. The molecule has 2 rings (SSSR count). The summed E-state index contributed by atoms with van der Waals surface area (Å²) in [5.41, 5.74) is 4.44. The fourth-order valence-corrected chi connectivity index (χ4v) is 3.85. The molecular formula is C20H28N2O2S. The van der Waals surface area contributed by atoms with Crippen LogP contribution in [0, 0.1) is 13.8 Å². The largest absolute Gasteiger partial charge is 0.301 e. The summed E-state index contributed by atoms with van der Waals surface area (Å²) < 4.78 is 28.0. The highest BCUT2D eigenvalue weighted by Gasteiger charge is 2.20. The molecule has 1 atom stereocenters. The maximum Gasteiger partial charge on any atom is 0.240 e. The van der Waals surface area contributed by atoms with Gasteiger partial charge in [-0.3, -0.25) is 0 Å². The van der Waals surface area contributed by atoms with Gasteiger partial charge in [-0.1, -0.05) is 37.3 Å². The van der Waals surface area contributed by atoms with E-state index in [9.17, 15) is 8.42 Å². The van der Waals surface area contributed by atoms with Crippen molar-refractivity contribution in [1.82, 2.24) is 9.62 Å². The molecule has 4 nitrogen and oxygen atoms in total. The number of hydrogen-bond donors (Lipinski definition) is 1. The van der Waals surface area contributed by atoms with Gasteiger partial charge >= 0.3 is 0 Å². The second-order valence-electron chi connectivity index (χ2n) is 6.67. The van der Waals surface area contributed by atoms with E-state index in [-0.39, 0.29) is 6.04 Å². The van der Waals surface area contributed by atoms with E-state index in [1.54, 1.807) is 12.1 Å². The number of rotatable bonds is 7. The third-order valence-electron chi connectivity index (χ3n) is 4.65. The molecule has 0 unspecified atom stereocenters. The number of aryl methyl sites for hydroxylation is 3. The SMILES string of the molecule is CCc1ccc([C@H](CNS(=O)(=O)c2ccc(C)c(C)c2)N(C)C)cc1. The normalized spacial score (nSPS) is 13.2. The quantitative estimate of drug-likeness (QED) is 0.823. The highest BCUT2D eigenvalue weighted by molar-refractivity contribution is 7.89. The van der Waals surface area contributed by atoms with Gasteiger partial charge in [-0.05, 0) is 68.8 Å². The van der Waals surface area contributed by atoms with Gasteiger partial charge in [0.2, 0.25) is 10.0 Å². The molecule has 136 valence electrons. The van der Waals surface area contributed by atoms with Crippen LogP contribution in [0.4, 0.5) is 0 Å². The number of sulfonamides is 1. The lowest BCUT2D eigenvalue weighted by Gasteiger charge is -2.25. The van der Waals surface area contributed by atoms with Crippen molar-refractivity contribution in [1.29, 1.82) is 0 Å². The van der Waals surface area contributed by atoms with Gasteiger partial charge in [0.15, 0.2) is 0 Å². The Kier molecular flexibility index (Phi) is 6.38. The number of hydrogen-bond acceptors (Lipinski definition) is 3. The van der Waals surface area contributed by atoms with Crippen LogP contribution in [0.1, 0.15) is 35.2 Å². The minimum atomic E-state index is -3.53. The Morgan fingerprint density at radius 2 is 1.64 bits per heavy atom. The Morgan fingerprint density at radius 3 is 2.16 bits per heavy atom. The molecule has 2 aromatic carbocycles. The minimum absolute atomic E-state index is 0.0211. The second-order valence-corrected chi connectivity index (χ2v) is 8.44. The zero-order valence-corrected chi connectivity index (χ0v) is 16.5. The van der Waals surface area contributed by atoms with Crippen molar-refractivity contribution in [2.24, 2.45) is 0 Å². The summed E-state index contributed by atoms with van der Waals surface area (Å²) in [4.78, 5) is 2.35. The van der Waals surface area contributed by atoms with E-state index in [2.05, 4.69) is 35.9 Å². The maximum atomic E-state index is 12.6. The van der Waals surface area contributed by atoms with Crippen LogP contribution in [0.15, 0.2) is 47.4 Å². The van der Waals surface area contributed by atoms with Crippen molar-refractivity contribution in [2.75, 3.05) is 20.6 Å². The highest BCUT2D eigenvalue weighted by Crippen LogP contribution is 2.20. The number of nitrogens with zero attached hydrogens (tertiary/aromatic N) is 1. The summed E-state index contributed by atoms with van der Waals surface area (Å²) in [7, 11) is 0.396. The summed E-state index contributed by atoms with van der Waals surface area (Å²) in [5, 5.41) is 0. The Labute approximate surface area is 151 Å². The summed E-state index contributed by atoms with van der Waals surface area (Å²) in [6.07, 6.45) is 0.992. The van der Waals surface area contributed by atoms with E-state index in [0.29, 0.717) is 11.4 Å². The first kappa shape index (κ1) is 19.6. The molecule has 0 radical (unpaired) electrons. The first-order chi connectivity index (χ1) is 11.7. The standard InChI is InChI=1S/C20H28N2O2S/c1-6-17-8-10-18(11-9-17)20(22(4)5)14-21-25(23,24)19-12-7-15(2)16(3)13-19/h7-13,20-21H,6,14H2,1-5H3/t20-/m0/s1. The molecule has 5 heteroatoms. The van der Waals surface area contributed by atoms with E-state index in [1.165, 1.54) is 5.56 Å². The molecule has 0 aromatic heterocycles. The van der Waals surface area contributed by atoms with Crippen LogP contribution in [0.25, 0.3) is 0 Å². The third kappa shape index (κ3) is 4.91. The van der Waals surface area contributed by atoms with Gasteiger partial charge in [-0.2, -0.15) is 0 Å². The van der Waals surface area contributed by atoms with Gasteiger partial charge in [0.25, 0.3) is 0 Å². The second kappa shape index (κ2) is 8.13. The molecule has 0 spiro atoms. The van der Waals surface area contributed by atoms with E-state index in [0.717, 1.165) is 23.1 Å². The van der Waals surface area contributed by atoms with Crippen LogP contribution in [-0.4, -0.2) is 34.0 Å². The molecule has 0 fully saturated rings. The van der Waals surface area contributed by atoms with E-state index in [4.69, 9.17) is 0 Å². The fourth-order valence-electron chi connectivity index (χ4n) is 2.73. The Bertz CT molecular complexity index is 812. The monoisotopic (exact) mass is 360 g/mol. The molecule has 2 aromatic rings. The average molecular weight is 361 g/mol. The first-order valence-corrected chi connectivity index (χ1v) is 10.0. The molecule has 0 saturated carbocycles. The molecule has 0 aliphatic rings. The van der Waals surface area contributed by atoms with Gasteiger partial charge in [0.05, 0.1) is 4.90 Å². The lowest BCUT2D eigenvalue weighted by molar-refractivity contribution is 0.299. The summed E-state index contributed by atoms with van der Waals surface area (Å²) >= 11 is 0. The zero-order chi connectivity index (χ0) is 18.6. The molecule has 0 bridgehead atoms. The van der Waals surface area contributed by atoms with Gasteiger partial charge in [-0.15, -0.1) is 0 Å². The molecule has 0 aliphatic heterocycles. The topological polar surface area (TPSA) is 49.4 Å². The van der Waals surface area contributed by atoms with E-state index >= 15 is 0 Å². The van der Waals surface area contributed by atoms with Gasteiger partial charge in [0.1, 0.15) is 0 Å². The average Bonchev–Trinajstić information content (AvgIpc) is 2.57. The highest BCUT2D eigenvalue weighted by atomic mass is 32.2. The summed E-state index contributed by atoms with van der Waals surface area (Å²) in [5.74, 6) is 0. The Morgan fingerprint density at radius 1 is 1.00 bits per heavy atom. The minimum Gasteiger partial charge on any atom is -0.301 e. The summed E-state index contributed by atoms with van der Waals surface area (Å²) in [6, 6.07) is 13.6. The van der Waals surface area contributed by atoms with Crippen molar-refractivity contribution in [2.45, 2.75) is 38.1 Å². The van der Waals surface area contributed by atoms with Crippen LogP contribution in [-0.2, 0) is 16.4 Å². The van der Waals surface area contributed by atoms with Crippen molar-refractivity contribution in [3.8, 4) is 0 Å². The first-order valence-electron chi connectivity index (χ1n) is 8.56. The molecule has 0 heterocycles. The van der Waals surface area contributed by atoms with Gasteiger partial charge < -0.3 is 4.90 Å². The number of likely N-dealkylation sites (N-methyl/N-ethyl adjacent to an activating group) is 1. The van der Waals surface area contributed by atoms with E-state index < -0.39 is 10.0 Å². The van der Waals surface area contributed by atoms with Gasteiger partial charge in [0, 0.05) is 12.6 Å². The molecule has 1 N–H and O–H groups in total. The van der Waals surface area contributed by atoms with Crippen LogP contribution in [0.5, 0.6) is 0 Å².